The van der Waals surface area contributed by atoms with Gasteiger partial charge in [0.1, 0.15) is 5.60 Å². The number of nitrogens with zero attached hydrogens (tertiary/aromatic N) is 1. The van der Waals surface area contributed by atoms with Gasteiger partial charge in [-0.15, -0.1) is 0 Å². The number of carbonyl (C=O) groups excluding carboxylic acids is 2. The summed E-state index contributed by atoms with van der Waals surface area (Å²) in [4.78, 5) is 29.2. The number of hydrogen-bond donors (Lipinski definition) is 3. The van der Waals surface area contributed by atoms with Crippen molar-refractivity contribution in [2.24, 2.45) is 0 Å². The molecule has 7 nitrogen and oxygen atoms in total. The highest BCUT2D eigenvalue weighted by molar-refractivity contribution is 9.10. The summed E-state index contributed by atoms with van der Waals surface area (Å²) in [6, 6.07) is 12.7. The van der Waals surface area contributed by atoms with Crippen LogP contribution < -0.4 is 16.0 Å². The fourth-order valence-electron chi connectivity index (χ4n) is 3.27. The van der Waals surface area contributed by atoms with Crippen LogP contribution in [0.15, 0.2) is 53.1 Å². The van der Waals surface area contributed by atoms with Gasteiger partial charge in [0.25, 0.3) is 5.91 Å². The standard InChI is InChI=1S/C25H28BrClN4O3/c1-25(2,3)34-24(33)31-21-9-6-16(26)14-19(21)23(32)30-12-5-4-11-28-20-10-13-29-22-15-17(27)7-8-18(20)22/h6-10,13-15H,4-5,11-12H2,1-3H3,(H,28,29)(H,30,32)(H,31,33). The lowest BCUT2D eigenvalue weighted by molar-refractivity contribution is 0.0636. The van der Waals surface area contributed by atoms with Crippen LogP contribution in [-0.4, -0.2) is 35.7 Å². The molecule has 2 amide bonds. The zero-order valence-electron chi connectivity index (χ0n) is 19.4. The molecule has 0 fully saturated rings. The Balaban J connectivity index is 1.49. The number of rotatable bonds is 8. The van der Waals surface area contributed by atoms with Crippen LogP contribution in [0, 0.1) is 0 Å². The molecule has 3 rings (SSSR count). The third kappa shape index (κ3) is 7.60. The summed E-state index contributed by atoms with van der Waals surface area (Å²) in [5, 5.41) is 10.7. The first-order chi connectivity index (χ1) is 16.1. The van der Waals surface area contributed by atoms with Gasteiger partial charge in [-0.2, -0.15) is 0 Å². The molecule has 0 unspecified atom stereocenters. The first-order valence-electron chi connectivity index (χ1n) is 11.0. The van der Waals surface area contributed by atoms with E-state index in [9.17, 15) is 9.59 Å². The number of ether oxygens (including phenoxy) is 1. The minimum absolute atomic E-state index is 0.266. The van der Waals surface area contributed by atoms with Crippen molar-refractivity contribution >= 4 is 61.8 Å². The number of pyridine rings is 1. The van der Waals surface area contributed by atoms with Crippen molar-refractivity contribution in [2.45, 2.75) is 39.2 Å². The molecule has 0 aliphatic heterocycles. The maximum absolute atomic E-state index is 12.8. The average molecular weight is 548 g/mol. The van der Waals surface area contributed by atoms with E-state index in [4.69, 9.17) is 16.3 Å². The third-order valence-electron chi connectivity index (χ3n) is 4.77. The smallest absolute Gasteiger partial charge is 0.412 e. The Labute approximate surface area is 212 Å². The molecule has 3 N–H and O–H groups in total. The minimum Gasteiger partial charge on any atom is -0.444 e. The molecule has 2 aromatic carbocycles. The molecular formula is C25H28BrClN4O3. The number of benzene rings is 2. The lowest BCUT2D eigenvalue weighted by atomic mass is 10.1. The van der Waals surface area contributed by atoms with Gasteiger partial charge in [0, 0.05) is 39.9 Å². The topological polar surface area (TPSA) is 92.3 Å². The van der Waals surface area contributed by atoms with Crippen LogP contribution in [0.2, 0.25) is 5.02 Å². The van der Waals surface area contributed by atoms with E-state index >= 15 is 0 Å². The number of carbonyl (C=O) groups is 2. The molecule has 3 aromatic rings. The molecule has 0 aliphatic carbocycles. The summed E-state index contributed by atoms with van der Waals surface area (Å²) in [7, 11) is 0. The van der Waals surface area contributed by atoms with Gasteiger partial charge in [-0.05, 0) is 76.1 Å². The molecule has 1 heterocycles. The molecule has 9 heteroatoms. The Kier molecular flexibility index (Phi) is 8.74. The SMILES string of the molecule is CC(C)(C)OC(=O)Nc1ccc(Br)cc1C(=O)NCCCCNc1ccnc2cc(Cl)ccc12. The number of hydrogen-bond acceptors (Lipinski definition) is 5. The van der Waals surface area contributed by atoms with Gasteiger partial charge in [0.05, 0.1) is 16.8 Å². The largest absolute Gasteiger partial charge is 0.444 e. The predicted molar refractivity (Wildman–Crippen MR) is 141 cm³/mol. The van der Waals surface area contributed by atoms with Gasteiger partial charge in [-0.25, -0.2) is 4.79 Å². The normalized spacial score (nSPS) is 11.2. The summed E-state index contributed by atoms with van der Waals surface area (Å²) in [6.07, 6.45) is 2.79. The number of fused-ring (bicyclic) bond motifs is 1. The minimum atomic E-state index is -0.633. The average Bonchev–Trinajstić information content (AvgIpc) is 2.75. The fourth-order valence-corrected chi connectivity index (χ4v) is 3.80. The van der Waals surface area contributed by atoms with Gasteiger partial charge >= 0.3 is 6.09 Å². The molecule has 1 aromatic heterocycles. The van der Waals surface area contributed by atoms with Crippen LogP contribution >= 0.6 is 27.5 Å². The van der Waals surface area contributed by atoms with Gasteiger partial charge in [-0.3, -0.25) is 15.1 Å². The molecule has 0 radical (unpaired) electrons. The van der Waals surface area contributed by atoms with E-state index in [1.165, 1.54) is 0 Å². The van der Waals surface area contributed by atoms with E-state index in [1.807, 2.05) is 24.3 Å². The van der Waals surface area contributed by atoms with Crippen LogP contribution in [0.1, 0.15) is 44.0 Å². The quantitative estimate of drug-likeness (QED) is 0.276. The Morgan fingerprint density at radius 1 is 1.03 bits per heavy atom. The maximum atomic E-state index is 12.8. The summed E-state index contributed by atoms with van der Waals surface area (Å²) in [5.41, 5.74) is 1.96. The predicted octanol–water partition coefficient (Wildman–Crippen LogP) is 6.62. The molecule has 0 saturated carbocycles. The number of unbranched alkanes of at least 4 members (excludes halogenated alkanes) is 1. The second-order valence-corrected chi connectivity index (χ2v) is 10.1. The van der Waals surface area contributed by atoms with Gasteiger partial charge in [0.15, 0.2) is 0 Å². The number of nitrogens with one attached hydrogen (secondary N) is 3. The molecule has 34 heavy (non-hydrogen) atoms. The van der Waals surface area contributed by atoms with Crippen molar-refractivity contribution in [3.63, 3.8) is 0 Å². The van der Waals surface area contributed by atoms with Crippen molar-refractivity contribution in [1.29, 1.82) is 0 Å². The van der Waals surface area contributed by atoms with Crippen LogP contribution in [0.5, 0.6) is 0 Å². The van der Waals surface area contributed by atoms with E-state index in [0.29, 0.717) is 22.8 Å². The number of aromatic nitrogens is 1. The van der Waals surface area contributed by atoms with Crippen molar-refractivity contribution in [2.75, 3.05) is 23.7 Å². The Morgan fingerprint density at radius 3 is 2.56 bits per heavy atom. The summed E-state index contributed by atoms with van der Waals surface area (Å²) in [6.45, 7) is 6.60. The fraction of sp³-hybridized carbons (Fsp3) is 0.320. The zero-order chi connectivity index (χ0) is 24.7. The van der Waals surface area contributed by atoms with E-state index in [0.717, 1.165) is 40.4 Å². The third-order valence-corrected chi connectivity index (χ3v) is 5.50. The first-order valence-corrected chi connectivity index (χ1v) is 12.2. The lowest BCUT2D eigenvalue weighted by Crippen LogP contribution is -2.29. The van der Waals surface area contributed by atoms with Gasteiger partial charge in [-0.1, -0.05) is 27.5 Å². The summed E-state index contributed by atoms with van der Waals surface area (Å²) < 4.78 is 6.03. The van der Waals surface area contributed by atoms with E-state index < -0.39 is 11.7 Å². The molecular weight excluding hydrogens is 520 g/mol. The van der Waals surface area contributed by atoms with Gasteiger partial charge < -0.3 is 15.4 Å². The number of halogens is 2. The van der Waals surface area contributed by atoms with Crippen LogP contribution in [0.4, 0.5) is 16.2 Å². The van der Waals surface area contributed by atoms with Gasteiger partial charge in [0.2, 0.25) is 0 Å². The van der Waals surface area contributed by atoms with E-state index in [-0.39, 0.29) is 5.91 Å². The molecule has 0 aliphatic rings. The molecule has 0 bridgehead atoms. The molecule has 0 atom stereocenters. The monoisotopic (exact) mass is 546 g/mol. The van der Waals surface area contributed by atoms with Crippen molar-refractivity contribution in [3.05, 3.63) is 63.7 Å². The van der Waals surface area contributed by atoms with Crippen LogP contribution in [0.25, 0.3) is 10.9 Å². The second kappa shape index (κ2) is 11.5. The van der Waals surface area contributed by atoms with Crippen molar-refractivity contribution in [3.8, 4) is 0 Å². The van der Waals surface area contributed by atoms with E-state index in [1.54, 1.807) is 45.2 Å². The Bertz CT molecular complexity index is 1180. The van der Waals surface area contributed by atoms with Crippen LogP contribution in [0.3, 0.4) is 0 Å². The number of anilines is 2. The maximum Gasteiger partial charge on any atom is 0.412 e. The van der Waals surface area contributed by atoms with E-state index in [2.05, 4.69) is 36.9 Å². The van der Waals surface area contributed by atoms with Crippen molar-refractivity contribution in [1.82, 2.24) is 10.3 Å². The first kappa shape index (κ1) is 25.8. The highest BCUT2D eigenvalue weighted by atomic mass is 79.9. The summed E-state index contributed by atoms with van der Waals surface area (Å²) >= 11 is 9.43. The highest BCUT2D eigenvalue weighted by Gasteiger charge is 2.19. The molecule has 0 spiro atoms. The molecule has 180 valence electrons. The Hall–Kier alpha value is -2.84. The zero-order valence-corrected chi connectivity index (χ0v) is 21.7. The highest BCUT2D eigenvalue weighted by Crippen LogP contribution is 2.25. The second-order valence-electron chi connectivity index (χ2n) is 8.73. The Morgan fingerprint density at radius 2 is 1.79 bits per heavy atom. The molecule has 0 saturated heterocycles. The summed E-state index contributed by atoms with van der Waals surface area (Å²) in [5.74, 6) is -0.266. The lowest BCUT2D eigenvalue weighted by Gasteiger charge is -2.20. The number of amides is 2. The van der Waals surface area contributed by atoms with Crippen LogP contribution in [-0.2, 0) is 4.74 Å². The van der Waals surface area contributed by atoms with Crippen molar-refractivity contribution < 1.29 is 14.3 Å².